The summed E-state index contributed by atoms with van der Waals surface area (Å²) in [5, 5.41) is 83.3. The fourth-order valence-corrected chi connectivity index (χ4v) is 13.9. The third-order valence-corrected chi connectivity index (χ3v) is 19.2. The van der Waals surface area contributed by atoms with Gasteiger partial charge in [0, 0.05) is 110 Å². The molecule has 564 valence electrons. The molecule has 3 aliphatic carbocycles. The first-order valence-corrected chi connectivity index (χ1v) is 32.4. The molecule has 8 aliphatic rings. The highest BCUT2D eigenvalue weighted by Gasteiger charge is 2.73. The number of ether oxygens (including phenoxy) is 5. The first-order valence-electron chi connectivity index (χ1n) is 32.4. The molecule has 0 bridgehead atoms. The third-order valence-electron chi connectivity index (χ3n) is 19.2. The molecule has 12 atom stereocenters. The number of rotatable bonds is 18. The Labute approximate surface area is 595 Å². The zero-order valence-electron chi connectivity index (χ0n) is 56.5. The Bertz CT molecular complexity index is 4700. The standard InChI is InChI=1S/C27H29NO11.C20H23N7O7.C15H18N4O5.C4H3FN2O2/c1-10-22(31)13(28)6-17(38-10)39-15-8-27(36,16(30)9-29)7-12-19(15)26(35)21-20(24(12)33)23(32)11-4-3-5-14(37-2)18(11)25(21)34;21-20-25-16-15(18(32)26-20)27(9-28)12(8-23-16)7-22-11-3-1-10(2-4-11)17(31)24-13(19(33)34)5-6-14(29)30;1-5-9(16)12(21)8-6(4-24-14(17)22)15(23-2)13-7(18-13)3-19(15)10(8)11(5)20;5-2-1-6-4(9)7-3(2)8/h3-5,10,13,15,17,22,29,31,33,35-36H,6-9,28H2,1-2H3;1-4,9,12-13,22H,5-8H2,(H,24,31)(H,29,30)(H,33,34)(H4,21,23,25,26,32);6-7,13,18H,3-4,16H2,1-2H3,(H2,17,22);1H,(H2,6,7,8,9)/t10-,13-,15-,17-,22-,27-;12-,13-;6-,7+,13+,15-;/m011./s1. The molecule has 2 aromatic heterocycles. The molecule has 7 heterocycles. The van der Waals surface area contributed by atoms with Crippen LogP contribution in [-0.4, -0.2) is 227 Å². The molecule has 0 unspecified atom stereocenters. The number of hydrogen-bond acceptors (Lipinski definition) is 31. The van der Waals surface area contributed by atoms with Gasteiger partial charge in [-0.15, -0.1) is 0 Å². The highest BCUT2D eigenvalue weighted by atomic mass is 19.1. The number of aromatic hydroxyl groups is 2. The Morgan fingerprint density at radius 1 is 0.943 bits per heavy atom. The van der Waals surface area contributed by atoms with E-state index in [9.17, 15) is 97.4 Å². The van der Waals surface area contributed by atoms with Crippen LogP contribution in [0.2, 0.25) is 0 Å². The van der Waals surface area contributed by atoms with E-state index >= 15 is 0 Å². The van der Waals surface area contributed by atoms with Crippen molar-refractivity contribution < 1.29 is 112 Å². The van der Waals surface area contributed by atoms with Crippen LogP contribution in [0.15, 0.2) is 85.6 Å². The van der Waals surface area contributed by atoms with Crippen LogP contribution in [0.1, 0.15) is 99.0 Å². The number of methoxy groups -OCH3 is 2. The number of piperazine rings is 1. The van der Waals surface area contributed by atoms with Gasteiger partial charge in [-0.3, -0.25) is 52.9 Å². The zero-order chi connectivity index (χ0) is 77.5. The summed E-state index contributed by atoms with van der Waals surface area (Å²) in [4.78, 5) is 168. The lowest BCUT2D eigenvalue weighted by molar-refractivity contribution is -0.247. The van der Waals surface area contributed by atoms with E-state index in [1.54, 1.807) is 24.0 Å². The molecule has 3 fully saturated rings. The molecule has 3 saturated heterocycles. The Balaban J connectivity index is 0.000000163. The van der Waals surface area contributed by atoms with Gasteiger partial charge in [0.25, 0.3) is 11.5 Å². The summed E-state index contributed by atoms with van der Waals surface area (Å²) >= 11 is 0. The first kappa shape index (κ1) is 76.8. The van der Waals surface area contributed by atoms with Crippen molar-refractivity contribution in [3.63, 3.8) is 0 Å². The predicted molar refractivity (Wildman–Crippen MR) is 360 cm³/mol. The molecule has 3 aromatic carbocycles. The number of H-pyrrole nitrogens is 3. The number of benzene rings is 3. The van der Waals surface area contributed by atoms with E-state index in [-0.39, 0.29) is 106 Å². The third kappa shape index (κ3) is 14.5. The summed E-state index contributed by atoms with van der Waals surface area (Å²) in [5.74, 6) is -9.02. The van der Waals surface area contributed by atoms with Crippen LogP contribution in [0.5, 0.6) is 17.2 Å². The number of aliphatic carboxylic acids is 2. The minimum Gasteiger partial charge on any atom is -0.507 e. The van der Waals surface area contributed by atoms with Crippen LogP contribution < -0.4 is 70.6 Å². The lowest BCUT2D eigenvalue weighted by Gasteiger charge is -2.42. The van der Waals surface area contributed by atoms with Gasteiger partial charge in [-0.25, -0.2) is 14.4 Å². The van der Waals surface area contributed by atoms with Gasteiger partial charge in [0.15, 0.2) is 29.3 Å². The number of phenolic OH excluding ortho intramolecular Hbond substituents is 2. The summed E-state index contributed by atoms with van der Waals surface area (Å²) in [6.45, 7) is 3.06. The average Bonchev–Trinajstić information content (AvgIpc) is 1.49. The molecule has 13 rings (SSSR count). The second-order valence-corrected chi connectivity index (χ2v) is 25.5. The molecular formula is C66H73FN14O25. The number of nitrogen functional groups attached to an aromatic ring is 1. The number of Topliss-reactive ketones (excluding diaryl/α,β-unsaturated/α-hetero) is 3. The molecule has 0 spiro atoms. The van der Waals surface area contributed by atoms with E-state index in [2.05, 4.69) is 31.2 Å². The smallest absolute Gasteiger partial charge is 0.404 e. The lowest BCUT2D eigenvalue weighted by atomic mass is 9.72. The lowest BCUT2D eigenvalue weighted by Crippen LogP contribution is -2.55. The number of amides is 3. The first-order chi connectivity index (χ1) is 50.2. The molecular weight excluding hydrogens is 1410 g/mol. The highest BCUT2D eigenvalue weighted by Crippen LogP contribution is 2.56. The average molecular weight is 1480 g/mol. The van der Waals surface area contributed by atoms with Crippen LogP contribution in [0.3, 0.4) is 0 Å². The van der Waals surface area contributed by atoms with Gasteiger partial charge >= 0.3 is 29.3 Å². The number of aromatic amines is 3. The minimum atomic E-state index is -2.24. The Morgan fingerprint density at radius 2 is 1.64 bits per heavy atom. The van der Waals surface area contributed by atoms with Crippen LogP contribution in [0.4, 0.5) is 32.3 Å². The number of aromatic nitrogens is 4. The minimum absolute atomic E-state index is 0.0173. The molecule has 106 heavy (non-hydrogen) atoms. The number of aliphatic hydroxyl groups excluding tert-OH is 2. The number of anilines is 4. The van der Waals surface area contributed by atoms with E-state index in [0.717, 1.165) is 0 Å². The van der Waals surface area contributed by atoms with E-state index in [0.29, 0.717) is 42.9 Å². The van der Waals surface area contributed by atoms with Crippen molar-refractivity contribution in [1.82, 2.24) is 35.5 Å². The van der Waals surface area contributed by atoms with E-state index < -0.39 is 178 Å². The number of nitrogens with one attached hydrogen (secondary N) is 7. The van der Waals surface area contributed by atoms with Crippen LogP contribution in [0.25, 0.3) is 0 Å². The zero-order valence-corrected chi connectivity index (χ0v) is 56.5. The van der Waals surface area contributed by atoms with E-state index in [4.69, 9.17) is 51.7 Å². The second-order valence-electron chi connectivity index (χ2n) is 25.5. The van der Waals surface area contributed by atoms with Gasteiger partial charge < -0.3 is 123 Å². The topological polar surface area (TPSA) is 639 Å². The SMILES string of the molecule is CO[C@@]12[C@H](COC(N)=O)C3=C(C(=O)C(C)=C(N)C3=O)N1C[C@@H]1N[C@@H]12.COc1cccc2c1C(=O)c1c(O)c3c(c(O)c1C2=O)C[C@@](O)(C(=O)CO)C[C@@H]3O[C@H]1C[C@H](N)[C@@H](O)[C@H](C)O1.Nc1nc(=O)c2c([nH]1)NC[C@@H](CNc1ccc(C(=O)N[C@H](CCC(=O)O)C(=O)O)cc1)N2C=O.O=c1[nH]cc(F)c(=O)[nH]1. The van der Waals surface area contributed by atoms with Crippen molar-refractivity contribution in [2.45, 2.75) is 112 Å². The van der Waals surface area contributed by atoms with Crippen molar-refractivity contribution in [2.75, 3.05) is 68.3 Å². The number of carbonyl (C=O) groups is 10. The van der Waals surface area contributed by atoms with Crippen molar-refractivity contribution in [2.24, 2.45) is 23.1 Å². The molecule has 39 nitrogen and oxygen atoms in total. The van der Waals surface area contributed by atoms with Gasteiger partial charge in [-0.1, -0.05) is 12.1 Å². The van der Waals surface area contributed by atoms with Crippen molar-refractivity contribution in [3.05, 3.63) is 147 Å². The normalized spacial score (nSPS) is 25.0. The highest BCUT2D eigenvalue weighted by molar-refractivity contribution is 6.31. The van der Waals surface area contributed by atoms with E-state index in [1.807, 2.05) is 9.88 Å². The Morgan fingerprint density at radius 3 is 2.25 bits per heavy atom. The molecule has 5 aromatic rings. The maximum absolute atomic E-state index is 13.6. The number of carbonyl (C=O) groups excluding carboxylic acids is 8. The molecule has 0 saturated carbocycles. The summed E-state index contributed by atoms with van der Waals surface area (Å²) in [5.41, 5.74) is 17.1. The number of carboxylic acids is 2. The maximum atomic E-state index is 13.6. The molecule has 0 radical (unpaired) electrons. The van der Waals surface area contributed by atoms with Crippen LogP contribution in [0, 0.1) is 11.7 Å². The largest absolute Gasteiger partial charge is 0.507 e. The van der Waals surface area contributed by atoms with Crippen molar-refractivity contribution in [1.29, 1.82) is 0 Å². The number of phenols is 2. The number of primary amides is 1. The summed E-state index contributed by atoms with van der Waals surface area (Å²) in [6.07, 6.45) is -5.46. The molecule has 22 N–H and O–H groups in total. The number of ketones is 5. The molecule has 40 heteroatoms. The number of halogens is 1. The van der Waals surface area contributed by atoms with Crippen LogP contribution in [-0.2, 0) is 54.1 Å². The van der Waals surface area contributed by atoms with Gasteiger partial charge in [-0.2, -0.15) is 9.37 Å². The van der Waals surface area contributed by atoms with Gasteiger partial charge in [0.1, 0.15) is 47.9 Å². The van der Waals surface area contributed by atoms with Gasteiger partial charge in [0.05, 0.1) is 71.5 Å². The van der Waals surface area contributed by atoms with Crippen molar-refractivity contribution >= 4 is 82.4 Å². The van der Waals surface area contributed by atoms with Gasteiger partial charge in [-0.05, 0) is 50.6 Å². The number of allylic oxidation sites excluding steroid dienone is 2. The number of fused-ring (bicyclic) bond motifs is 8. The van der Waals surface area contributed by atoms with E-state index in [1.165, 1.54) is 56.4 Å². The molecule has 5 aliphatic heterocycles. The number of carboxylic acid groups (broad SMARTS) is 2. The number of aliphatic hydroxyl groups is 3. The number of nitrogens with zero attached hydrogens (tertiary/aromatic N) is 3. The number of nitrogens with two attached hydrogens (primary N) is 4. The van der Waals surface area contributed by atoms with Crippen LogP contribution >= 0.6 is 0 Å². The Kier molecular flexibility index (Phi) is 22.1. The quantitative estimate of drug-likeness (QED) is 0.0175. The fourth-order valence-electron chi connectivity index (χ4n) is 13.9. The maximum Gasteiger partial charge on any atom is 0.404 e. The summed E-state index contributed by atoms with van der Waals surface area (Å²) in [7, 11) is 2.84. The molecule has 3 amide bonds. The number of hydrogen-bond donors (Lipinski definition) is 18. The summed E-state index contributed by atoms with van der Waals surface area (Å²) < 4.78 is 39.8. The fraction of sp³-hybridized carbons (Fsp3) is 0.394. The monoisotopic (exact) mass is 1480 g/mol. The van der Waals surface area contributed by atoms with Gasteiger partial charge in [0.2, 0.25) is 35.5 Å². The van der Waals surface area contributed by atoms with Crippen molar-refractivity contribution in [3.8, 4) is 17.2 Å². The second kappa shape index (κ2) is 30.5. The summed E-state index contributed by atoms with van der Waals surface area (Å²) in [6, 6.07) is 8.11. The predicted octanol–water partition coefficient (Wildman–Crippen LogP) is -3.18. The Hall–Kier alpha value is -11.8.